The number of esters is 1. The number of carbonyl (C=O) groups is 2. The van der Waals surface area contributed by atoms with E-state index in [1.807, 2.05) is 0 Å². The highest BCUT2D eigenvalue weighted by Gasteiger charge is 2.22. The molecule has 0 aromatic heterocycles. The van der Waals surface area contributed by atoms with Crippen molar-refractivity contribution in [3.63, 3.8) is 0 Å². The maximum Gasteiger partial charge on any atom is 0.338 e. The van der Waals surface area contributed by atoms with Crippen molar-refractivity contribution in [2.75, 3.05) is 7.11 Å². The second kappa shape index (κ2) is 5.35. The lowest BCUT2D eigenvalue weighted by Crippen LogP contribution is -2.11. The summed E-state index contributed by atoms with van der Waals surface area (Å²) in [6.45, 7) is 0. The molecule has 0 fully saturated rings. The number of hydrogen-bond donors (Lipinski definition) is 1. The first-order valence-electron chi connectivity index (χ1n) is 5.65. The number of ether oxygens (including phenoxy) is 1. The average Bonchev–Trinajstić information content (AvgIpc) is 2.46. The Morgan fingerprint density at radius 1 is 1.00 bits per heavy atom. The molecule has 0 bridgehead atoms. The van der Waals surface area contributed by atoms with Crippen LogP contribution in [0.2, 0.25) is 0 Å². The molecule has 96 valence electrons. The molecule has 0 unspecified atom stereocenters. The van der Waals surface area contributed by atoms with Crippen molar-refractivity contribution in [1.29, 1.82) is 0 Å². The standard InChI is InChI=1S/C15H12O4/c1-19-15(18)11-8-5-9-12(16)13(11)14(17)10-6-3-2-4-7-10/h2-9,16H,1H3. The van der Waals surface area contributed by atoms with Crippen molar-refractivity contribution in [2.45, 2.75) is 0 Å². The number of hydrogen-bond acceptors (Lipinski definition) is 4. The van der Waals surface area contributed by atoms with Crippen molar-refractivity contribution in [1.82, 2.24) is 0 Å². The largest absolute Gasteiger partial charge is 0.507 e. The Morgan fingerprint density at radius 3 is 2.32 bits per heavy atom. The van der Waals surface area contributed by atoms with Gasteiger partial charge in [0.25, 0.3) is 0 Å². The Balaban J connectivity index is 2.56. The van der Waals surface area contributed by atoms with E-state index in [1.54, 1.807) is 30.3 Å². The molecule has 4 heteroatoms. The summed E-state index contributed by atoms with van der Waals surface area (Å²) in [5.41, 5.74) is 0.408. The molecule has 0 radical (unpaired) electrons. The summed E-state index contributed by atoms with van der Waals surface area (Å²) in [5.74, 6) is -1.31. The van der Waals surface area contributed by atoms with Gasteiger partial charge in [0.15, 0.2) is 5.78 Å². The predicted octanol–water partition coefficient (Wildman–Crippen LogP) is 2.41. The van der Waals surface area contributed by atoms with Crippen molar-refractivity contribution in [3.05, 3.63) is 65.2 Å². The normalized spacial score (nSPS) is 9.95. The van der Waals surface area contributed by atoms with E-state index in [0.717, 1.165) is 0 Å². The van der Waals surface area contributed by atoms with E-state index in [-0.39, 0.29) is 16.9 Å². The first-order valence-corrected chi connectivity index (χ1v) is 5.65. The van der Waals surface area contributed by atoms with Crippen LogP contribution in [0, 0.1) is 0 Å². The van der Waals surface area contributed by atoms with Crippen LogP contribution >= 0.6 is 0 Å². The van der Waals surface area contributed by atoms with Gasteiger partial charge in [0.1, 0.15) is 5.75 Å². The molecule has 0 amide bonds. The molecule has 4 nitrogen and oxygen atoms in total. The van der Waals surface area contributed by atoms with Crippen LogP contribution in [0.4, 0.5) is 0 Å². The van der Waals surface area contributed by atoms with E-state index < -0.39 is 11.8 Å². The van der Waals surface area contributed by atoms with E-state index in [9.17, 15) is 14.7 Å². The Kier molecular flexibility index (Phi) is 3.61. The number of ketones is 1. The van der Waals surface area contributed by atoms with E-state index in [2.05, 4.69) is 4.74 Å². The zero-order valence-electron chi connectivity index (χ0n) is 10.3. The van der Waals surface area contributed by atoms with Gasteiger partial charge < -0.3 is 9.84 Å². The van der Waals surface area contributed by atoms with Crippen molar-refractivity contribution in [3.8, 4) is 5.75 Å². The maximum atomic E-state index is 12.3. The Hall–Kier alpha value is -2.62. The van der Waals surface area contributed by atoms with Crippen LogP contribution in [0.25, 0.3) is 0 Å². The van der Waals surface area contributed by atoms with Gasteiger partial charge in [0.2, 0.25) is 0 Å². The third kappa shape index (κ3) is 2.47. The molecule has 0 saturated carbocycles. The molecule has 0 heterocycles. The Morgan fingerprint density at radius 2 is 1.68 bits per heavy atom. The number of phenols is 1. The zero-order chi connectivity index (χ0) is 13.8. The van der Waals surface area contributed by atoms with Gasteiger partial charge in [-0.1, -0.05) is 36.4 Å². The SMILES string of the molecule is COC(=O)c1cccc(O)c1C(=O)c1ccccc1. The lowest BCUT2D eigenvalue weighted by atomic mass is 9.97. The fraction of sp³-hybridized carbons (Fsp3) is 0.0667. The molecule has 0 spiro atoms. The second-order valence-electron chi connectivity index (χ2n) is 3.89. The van der Waals surface area contributed by atoms with Gasteiger partial charge in [-0.25, -0.2) is 4.79 Å². The second-order valence-corrected chi connectivity index (χ2v) is 3.89. The number of benzene rings is 2. The fourth-order valence-corrected chi connectivity index (χ4v) is 1.79. The molecule has 2 aromatic carbocycles. The molecular formula is C15H12O4. The summed E-state index contributed by atoms with van der Waals surface area (Å²) in [4.78, 5) is 24.0. The lowest BCUT2D eigenvalue weighted by Gasteiger charge is -2.09. The zero-order valence-corrected chi connectivity index (χ0v) is 10.3. The van der Waals surface area contributed by atoms with Gasteiger partial charge in [-0.2, -0.15) is 0 Å². The fourth-order valence-electron chi connectivity index (χ4n) is 1.79. The molecule has 2 aromatic rings. The molecule has 0 aliphatic rings. The number of phenolic OH excluding ortho intramolecular Hbond substituents is 1. The minimum absolute atomic E-state index is 0.0412. The van der Waals surface area contributed by atoms with Gasteiger partial charge >= 0.3 is 5.97 Å². The third-order valence-electron chi connectivity index (χ3n) is 2.71. The van der Waals surface area contributed by atoms with Crippen LogP contribution in [0.3, 0.4) is 0 Å². The lowest BCUT2D eigenvalue weighted by molar-refractivity contribution is 0.0597. The summed E-state index contributed by atoms with van der Waals surface area (Å²) in [6, 6.07) is 12.7. The van der Waals surface area contributed by atoms with Crippen molar-refractivity contribution < 1.29 is 19.4 Å². The summed E-state index contributed by atoms with van der Waals surface area (Å²) in [7, 11) is 1.23. The highest BCUT2D eigenvalue weighted by molar-refractivity contribution is 6.16. The smallest absolute Gasteiger partial charge is 0.338 e. The van der Waals surface area contributed by atoms with E-state index in [1.165, 1.54) is 25.3 Å². The van der Waals surface area contributed by atoms with Crippen LogP contribution in [-0.4, -0.2) is 24.0 Å². The maximum absolute atomic E-state index is 12.3. The van der Waals surface area contributed by atoms with Gasteiger partial charge in [0.05, 0.1) is 18.2 Å². The van der Waals surface area contributed by atoms with E-state index in [0.29, 0.717) is 5.56 Å². The summed E-state index contributed by atoms with van der Waals surface area (Å²) in [6.07, 6.45) is 0. The average molecular weight is 256 g/mol. The highest BCUT2D eigenvalue weighted by atomic mass is 16.5. The molecule has 0 aliphatic carbocycles. The summed E-state index contributed by atoms with van der Waals surface area (Å²) < 4.78 is 4.62. The quantitative estimate of drug-likeness (QED) is 0.676. The van der Waals surface area contributed by atoms with Gasteiger partial charge in [-0.05, 0) is 12.1 Å². The minimum atomic E-state index is -0.657. The molecule has 0 aliphatic heterocycles. The molecule has 2 rings (SSSR count). The molecule has 0 saturated heterocycles. The van der Waals surface area contributed by atoms with Crippen molar-refractivity contribution in [2.24, 2.45) is 0 Å². The molecule has 0 atom stereocenters. The molecule has 1 N–H and O–H groups in total. The highest BCUT2D eigenvalue weighted by Crippen LogP contribution is 2.24. The summed E-state index contributed by atoms with van der Waals surface area (Å²) in [5, 5.41) is 9.84. The van der Waals surface area contributed by atoms with Crippen LogP contribution in [0.15, 0.2) is 48.5 Å². The van der Waals surface area contributed by atoms with Gasteiger partial charge in [0, 0.05) is 5.56 Å². The molecule has 19 heavy (non-hydrogen) atoms. The number of aromatic hydroxyl groups is 1. The first-order chi connectivity index (χ1) is 9.15. The van der Waals surface area contributed by atoms with Crippen LogP contribution in [-0.2, 0) is 4.74 Å². The monoisotopic (exact) mass is 256 g/mol. The number of methoxy groups -OCH3 is 1. The first kappa shape index (κ1) is 12.8. The Labute approximate surface area is 110 Å². The van der Waals surface area contributed by atoms with Gasteiger partial charge in [-0.15, -0.1) is 0 Å². The predicted molar refractivity (Wildman–Crippen MR) is 69.3 cm³/mol. The third-order valence-corrected chi connectivity index (χ3v) is 2.71. The molecular weight excluding hydrogens is 244 g/mol. The van der Waals surface area contributed by atoms with Crippen LogP contribution in [0.1, 0.15) is 26.3 Å². The summed E-state index contributed by atoms with van der Waals surface area (Å²) >= 11 is 0. The van der Waals surface area contributed by atoms with E-state index >= 15 is 0 Å². The van der Waals surface area contributed by atoms with Gasteiger partial charge in [-0.3, -0.25) is 4.79 Å². The topological polar surface area (TPSA) is 63.6 Å². The van der Waals surface area contributed by atoms with Crippen LogP contribution in [0.5, 0.6) is 5.75 Å². The number of rotatable bonds is 3. The van der Waals surface area contributed by atoms with Crippen LogP contribution < -0.4 is 0 Å². The number of carbonyl (C=O) groups excluding carboxylic acids is 2. The van der Waals surface area contributed by atoms with Crippen molar-refractivity contribution >= 4 is 11.8 Å². The Bertz CT molecular complexity index is 617. The van der Waals surface area contributed by atoms with E-state index in [4.69, 9.17) is 0 Å². The minimum Gasteiger partial charge on any atom is -0.507 e.